The van der Waals surface area contributed by atoms with Gasteiger partial charge in [0.15, 0.2) is 0 Å². The van der Waals surface area contributed by atoms with Crippen LogP contribution in [0.2, 0.25) is 0 Å². The molecular formula is C12H16F3N3O. The van der Waals surface area contributed by atoms with E-state index in [0.717, 1.165) is 6.07 Å². The summed E-state index contributed by atoms with van der Waals surface area (Å²) in [5, 5.41) is 2.51. The maximum atomic E-state index is 12.7. The summed E-state index contributed by atoms with van der Waals surface area (Å²) in [7, 11) is 1.59. The van der Waals surface area contributed by atoms with Gasteiger partial charge < -0.3 is 10.2 Å². The highest BCUT2D eigenvalue weighted by atomic mass is 19.4. The lowest BCUT2D eigenvalue weighted by Crippen LogP contribution is -2.39. The molecule has 0 aliphatic carbocycles. The summed E-state index contributed by atoms with van der Waals surface area (Å²) in [6.07, 6.45) is -3.26. The van der Waals surface area contributed by atoms with E-state index in [1.165, 1.54) is 24.1 Å². The Bertz CT molecular complexity index is 448. The Morgan fingerprint density at radius 1 is 1.53 bits per heavy atom. The summed E-state index contributed by atoms with van der Waals surface area (Å²) in [4.78, 5) is 16.9. The van der Waals surface area contributed by atoms with E-state index in [-0.39, 0.29) is 11.7 Å². The van der Waals surface area contributed by atoms with E-state index in [1.54, 1.807) is 14.0 Å². The van der Waals surface area contributed by atoms with Gasteiger partial charge in [-0.2, -0.15) is 13.2 Å². The summed E-state index contributed by atoms with van der Waals surface area (Å²) in [6, 6.07) is 1.36. The number of carbonyl (C=O) groups is 1. The molecule has 19 heavy (non-hydrogen) atoms. The molecule has 1 N–H and O–H groups in total. The Balaban J connectivity index is 2.92. The molecule has 1 heterocycles. The van der Waals surface area contributed by atoms with Crippen LogP contribution in [0.4, 0.5) is 19.0 Å². The Morgan fingerprint density at radius 3 is 2.68 bits per heavy atom. The van der Waals surface area contributed by atoms with Gasteiger partial charge in [0.05, 0.1) is 5.56 Å². The van der Waals surface area contributed by atoms with Crippen LogP contribution < -0.4 is 5.32 Å². The fourth-order valence-electron chi connectivity index (χ4n) is 1.50. The minimum Gasteiger partial charge on any atom is -0.358 e. The van der Waals surface area contributed by atoms with E-state index in [2.05, 4.69) is 10.3 Å². The summed E-state index contributed by atoms with van der Waals surface area (Å²) < 4.78 is 38.2. The first-order valence-corrected chi connectivity index (χ1v) is 5.81. The minimum atomic E-state index is -4.50. The van der Waals surface area contributed by atoms with E-state index in [1.807, 2.05) is 0 Å². The predicted octanol–water partition coefficient (Wildman–Crippen LogP) is 2.38. The van der Waals surface area contributed by atoms with Gasteiger partial charge >= 0.3 is 6.18 Å². The highest BCUT2D eigenvalue weighted by Gasteiger charge is 2.34. The highest BCUT2D eigenvalue weighted by Crippen LogP contribution is 2.33. The Labute approximate surface area is 109 Å². The van der Waals surface area contributed by atoms with Crippen LogP contribution in [0.15, 0.2) is 18.3 Å². The fraction of sp³-hybridized carbons (Fsp3) is 0.500. The lowest BCUT2D eigenvalue weighted by molar-refractivity contribution is -0.137. The number of aromatic nitrogens is 1. The van der Waals surface area contributed by atoms with Crippen LogP contribution in [0.3, 0.4) is 0 Å². The second kappa shape index (κ2) is 5.90. The Hall–Kier alpha value is -1.79. The largest absolute Gasteiger partial charge is 0.419 e. The van der Waals surface area contributed by atoms with Gasteiger partial charge in [-0.05, 0) is 26.0 Å². The van der Waals surface area contributed by atoms with Crippen molar-refractivity contribution in [2.24, 2.45) is 0 Å². The predicted molar refractivity (Wildman–Crippen MR) is 65.6 cm³/mol. The summed E-state index contributed by atoms with van der Waals surface area (Å²) >= 11 is 0. The molecule has 7 heteroatoms. The average molecular weight is 275 g/mol. The third-order valence-corrected chi connectivity index (χ3v) is 2.69. The number of nitrogens with zero attached hydrogens (tertiary/aromatic N) is 2. The van der Waals surface area contributed by atoms with E-state index >= 15 is 0 Å². The number of amides is 1. The number of anilines is 1. The van der Waals surface area contributed by atoms with Gasteiger partial charge in [0, 0.05) is 19.8 Å². The molecule has 0 aliphatic rings. The SMILES string of the molecule is CCN(C)C(=O)C(C)Nc1ncccc1C(F)(F)F. The van der Waals surface area contributed by atoms with Gasteiger partial charge in [-0.25, -0.2) is 4.98 Å². The van der Waals surface area contributed by atoms with Crippen molar-refractivity contribution < 1.29 is 18.0 Å². The normalized spacial score (nSPS) is 12.9. The highest BCUT2D eigenvalue weighted by molar-refractivity contribution is 5.84. The van der Waals surface area contributed by atoms with Crippen molar-refractivity contribution in [2.75, 3.05) is 18.9 Å². The lowest BCUT2D eigenvalue weighted by Gasteiger charge is -2.22. The first-order chi connectivity index (χ1) is 8.77. The van der Waals surface area contributed by atoms with Crippen LogP contribution in [-0.2, 0) is 11.0 Å². The number of likely N-dealkylation sites (N-methyl/N-ethyl adjacent to an activating group) is 1. The molecule has 0 bridgehead atoms. The van der Waals surface area contributed by atoms with Gasteiger partial charge in [-0.15, -0.1) is 0 Å². The second-order valence-corrected chi connectivity index (χ2v) is 4.12. The van der Waals surface area contributed by atoms with Gasteiger partial charge in [-0.3, -0.25) is 4.79 Å². The molecular weight excluding hydrogens is 259 g/mol. The molecule has 1 amide bonds. The number of nitrogens with one attached hydrogen (secondary N) is 1. The quantitative estimate of drug-likeness (QED) is 0.917. The molecule has 0 saturated carbocycles. The second-order valence-electron chi connectivity index (χ2n) is 4.12. The first-order valence-electron chi connectivity index (χ1n) is 5.81. The van der Waals surface area contributed by atoms with Crippen LogP contribution in [0.1, 0.15) is 19.4 Å². The van der Waals surface area contributed by atoms with Gasteiger partial charge in [0.1, 0.15) is 11.9 Å². The molecule has 0 radical (unpaired) electrons. The summed E-state index contributed by atoms with van der Waals surface area (Å²) in [6.45, 7) is 3.77. The summed E-state index contributed by atoms with van der Waals surface area (Å²) in [5.41, 5.74) is -0.881. The molecule has 0 aliphatic heterocycles. The molecule has 0 saturated heterocycles. The van der Waals surface area contributed by atoms with Crippen molar-refractivity contribution in [3.05, 3.63) is 23.9 Å². The molecule has 1 aromatic heterocycles. The smallest absolute Gasteiger partial charge is 0.358 e. The molecule has 4 nitrogen and oxygen atoms in total. The van der Waals surface area contributed by atoms with E-state index in [4.69, 9.17) is 0 Å². The van der Waals surface area contributed by atoms with E-state index < -0.39 is 17.8 Å². The molecule has 1 unspecified atom stereocenters. The van der Waals surface area contributed by atoms with Gasteiger partial charge in [0.25, 0.3) is 0 Å². The molecule has 1 atom stereocenters. The maximum Gasteiger partial charge on any atom is 0.419 e. The van der Waals surface area contributed by atoms with Crippen LogP contribution in [0.5, 0.6) is 0 Å². The van der Waals surface area contributed by atoms with Crippen LogP contribution in [0.25, 0.3) is 0 Å². The van der Waals surface area contributed by atoms with Crippen molar-refractivity contribution >= 4 is 11.7 Å². The van der Waals surface area contributed by atoms with E-state index in [9.17, 15) is 18.0 Å². The van der Waals surface area contributed by atoms with Crippen LogP contribution in [-0.4, -0.2) is 35.4 Å². The first kappa shape index (κ1) is 15.3. The standard InChI is InChI=1S/C12H16F3N3O/c1-4-18(3)11(19)8(2)17-10-9(12(13,14)15)6-5-7-16-10/h5-8H,4H2,1-3H3,(H,16,17). The molecule has 0 aromatic carbocycles. The number of hydrogen-bond donors (Lipinski definition) is 1. The monoisotopic (exact) mass is 275 g/mol. The zero-order chi connectivity index (χ0) is 14.6. The van der Waals surface area contributed by atoms with Crippen molar-refractivity contribution in [2.45, 2.75) is 26.1 Å². The molecule has 106 valence electrons. The number of hydrogen-bond acceptors (Lipinski definition) is 3. The van der Waals surface area contributed by atoms with Crippen molar-refractivity contribution in [3.8, 4) is 0 Å². The number of rotatable bonds is 4. The fourth-order valence-corrected chi connectivity index (χ4v) is 1.50. The Kier molecular flexibility index (Phi) is 4.74. The zero-order valence-corrected chi connectivity index (χ0v) is 11.0. The van der Waals surface area contributed by atoms with Crippen molar-refractivity contribution in [1.82, 2.24) is 9.88 Å². The number of carbonyl (C=O) groups excluding carboxylic acids is 1. The van der Waals surface area contributed by atoms with Crippen molar-refractivity contribution in [3.63, 3.8) is 0 Å². The van der Waals surface area contributed by atoms with Gasteiger partial charge in [-0.1, -0.05) is 0 Å². The third kappa shape index (κ3) is 3.84. The number of alkyl halides is 3. The molecule has 1 aromatic rings. The average Bonchev–Trinajstić information content (AvgIpc) is 2.36. The number of pyridine rings is 1. The van der Waals surface area contributed by atoms with Gasteiger partial charge in [0.2, 0.25) is 5.91 Å². The molecule has 1 rings (SSSR count). The van der Waals surface area contributed by atoms with Crippen LogP contribution in [0, 0.1) is 0 Å². The zero-order valence-electron chi connectivity index (χ0n) is 11.0. The topological polar surface area (TPSA) is 45.2 Å². The molecule has 0 spiro atoms. The molecule has 0 fully saturated rings. The summed E-state index contributed by atoms with van der Waals surface area (Å²) in [5.74, 6) is -0.623. The maximum absolute atomic E-state index is 12.7. The van der Waals surface area contributed by atoms with Crippen molar-refractivity contribution in [1.29, 1.82) is 0 Å². The minimum absolute atomic E-state index is 0.290. The Morgan fingerprint density at radius 2 is 2.16 bits per heavy atom. The van der Waals surface area contributed by atoms with E-state index in [0.29, 0.717) is 6.54 Å². The third-order valence-electron chi connectivity index (χ3n) is 2.69. The van der Waals surface area contributed by atoms with Crippen LogP contribution >= 0.6 is 0 Å². The number of halogens is 3. The lowest BCUT2D eigenvalue weighted by atomic mass is 10.2.